The highest BCUT2D eigenvalue weighted by molar-refractivity contribution is 5.64. The molecular formula is C13H18N2O. The van der Waals surface area contributed by atoms with Gasteiger partial charge in [-0.2, -0.15) is 0 Å². The highest BCUT2D eigenvalue weighted by Gasteiger charge is 2.46. The molecule has 1 heterocycles. The van der Waals surface area contributed by atoms with E-state index >= 15 is 0 Å². The molecule has 0 amide bonds. The van der Waals surface area contributed by atoms with Gasteiger partial charge in [0.1, 0.15) is 5.75 Å². The quantitative estimate of drug-likeness (QED) is 0.583. The predicted molar refractivity (Wildman–Crippen MR) is 64.7 cm³/mol. The number of phenolic OH excluding ortho intramolecular Hbond substituents is 1. The average Bonchev–Trinajstić information content (AvgIpc) is 2.51. The molecule has 16 heavy (non-hydrogen) atoms. The molecule has 86 valence electrons. The van der Waals surface area contributed by atoms with Gasteiger partial charge in [-0.1, -0.05) is 6.92 Å². The standard InChI is InChI=1S/C13H18N2O/c1-13-7-8(14)2-5-12(13)15-11-4-3-9(16)6-10(11)13/h3-4,6,8,12,15-16H,2,5,7,14H2,1H3/t8-,12?,13+/m1/s1. The first-order chi connectivity index (χ1) is 7.59. The molecule has 0 radical (unpaired) electrons. The summed E-state index contributed by atoms with van der Waals surface area (Å²) in [7, 11) is 0. The third-order valence-electron chi connectivity index (χ3n) is 4.23. The molecule has 4 N–H and O–H groups in total. The zero-order chi connectivity index (χ0) is 11.3. The maximum absolute atomic E-state index is 9.61. The first kappa shape index (κ1) is 9.97. The van der Waals surface area contributed by atoms with E-state index in [-0.39, 0.29) is 11.5 Å². The van der Waals surface area contributed by atoms with Gasteiger partial charge in [0, 0.05) is 23.2 Å². The van der Waals surface area contributed by atoms with E-state index in [1.54, 1.807) is 6.07 Å². The van der Waals surface area contributed by atoms with Crippen molar-refractivity contribution in [2.45, 2.75) is 43.7 Å². The molecule has 1 aromatic rings. The Labute approximate surface area is 95.7 Å². The lowest BCUT2D eigenvalue weighted by atomic mass is 9.68. The second-order valence-corrected chi connectivity index (χ2v) is 5.39. The van der Waals surface area contributed by atoms with Gasteiger partial charge in [-0.3, -0.25) is 0 Å². The third kappa shape index (κ3) is 1.24. The Morgan fingerprint density at radius 3 is 3.06 bits per heavy atom. The SMILES string of the molecule is C[C@@]12C[C@H](N)CCC1Nc1ccc(O)cc12. The summed E-state index contributed by atoms with van der Waals surface area (Å²) in [5.41, 5.74) is 8.57. The number of phenols is 1. The fraction of sp³-hybridized carbons (Fsp3) is 0.538. The first-order valence-electron chi connectivity index (χ1n) is 5.95. The number of benzene rings is 1. The van der Waals surface area contributed by atoms with Crippen LogP contribution in [0.2, 0.25) is 0 Å². The number of anilines is 1. The lowest BCUT2D eigenvalue weighted by molar-refractivity contribution is 0.275. The van der Waals surface area contributed by atoms with E-state index in [2.05, 4.69) is 12.2 Å². The molecule has 3 heteroatoms. The fourth-order valence-corrected chi connectivity index (χ4v) is 3.34. The minimum absolute atomic E-state index is 0.0890. The summed E-state index contributed by atoms with van der Waals surface area (Å²) in [6.45, 7) is 2.26. The van der Waals surface area contributed by atoms with Crippen molar-refractivity contribution in [2.24, 2.45) is 5.73 Å². The molecule has 1 aliphatic heterocycles. The Morgan fingerprint density at radius 2 is 2.25 bits per heavy atom. The highest BCUT2D eigenvalue weighted by Crippen LogP contribution is 2.49. The van der Waals surface area contributed by atoms with Gasteiger partial charge in [-0.25, -0.2) is 0 Å². The minimum Gasteiger partial charge on any atom is -0.508 e. The van der Waals surface area contributed by atoms with Crippen LogP contribution in [0.5, 0.6) is 5.75 Å². The van der Waals surface area contributed by atoms with E-state index < -0.39 is 0 Å². The van der Waals surface area contributed by atoms with Crippen molar-refractivity contribution in [3.8, 4) is 5.75 Å². The predicted octanol–water partition coefficient (Wildman–Crippen LogP) is 1.96. The Bertz CT molecular complexity index is 432. The van der Waals surface area contributed by atoms with Crippen molar-refractivity contribution >= 4 is 5.69 Å². The van der Waals surface area contributed by atoms with Crippen LogP contribution in [0, 0.1) is 0 Å². The van der Waals surface area contributed by atoms with Crippen LogP contribution < -0.4 is 11.1 Å². The van der Waals surface area contributed by atoms with Crippen molar-refractivity contribution in [3.05, 3.63) is 23.8 Å². The largest absolute Gasteiger partial charge is 0.508 e. The summed E-state index contributed by atoms with van der Waals surface area (Å²) in [5.74, 6) is 0.349. The molecule has 3 nitrogen and oxygen atoms in total. The molecule has 0 spiro atoms. The van der Waals surface area contributed by atoms with E-state index in [4.69, 9.17) is 5.73 Å². The summed E-state index contributed by atoms with van der Waals surface area (Å²) in [6.07, 6.45) is 3.21. The Morgan fingerprint density at radius 1 is 1.44 bits per heavy atom. The highest BCUT2D eigenvalue weighted by atomic mass is 16.3. The summed E-state index contributed by atoms with van der Waals surface area (Å²) < 4.78 is 0. The molecule has 1 aliphatic carbocycles. The molecule has 3 rings (SSSR count). The maximum Gasteiger partial charge on any atom is 0.116 e. The number of hydrogen-bond donors (Lipinski definition) is 3. The van der Waals surface area contributed by atoms with Crippen LogP contribution >= 0.6 is 0 Å². The maximum atomic E-state index is 9.61. The van der Waals surface area contributed by atoms with Crippen molar-refractivity contribution in [1.82, 2.24) is 0 Å². The number of hydrogen-bond acceptors (Lipinski definition) is 3. The molecule has 1 unspecified atom stereocenters. The van der Waals surface area contributed by atoms with E-state index in [1.807, 2.05) is 12.1 Å². The smallest absolute Gasteiger partial charge is 0.116 e. The second-order valence-electron chi connectivity index (χ2n) is 5.39. The monoisotopic (exact) mass is 218 g/mol. The fourth-order valence-electron chi connectivity index (χ4n) is 3.34. The Balaban J connectivity index is 2.08. The van der Waals surface area contributed by atoms with E-state index in [0.29, 0.717) is 11.8 Å². The summed E-state index contributed by atoms with van der Waals surface area (Å²) in [6, 6.07) is 6.37. The molecular weight excluding hydrogens is 200 g/mol. The van der Waals surface area contributed by atoms with Crippen molar-refractivity contribution < 1.29 is 5.11 Å². The summed E-state index contributed by atoms with van der Waals surface area (Å²) in [4.78, 5) is 0. The summed E-state index contributed by atoms with van der Waals surface area (Å²) in [5, 5.41) is 13.2. The molecule has 0 saturated heterocycles. The molecule has 1 fully saturated rings. The molecule has 0 bridgehead atoms. The third-order valence-corrected chi connectivity index (χ3v) is 4.23. The van der Waals surface area contributed by atoms with E-state index in [1.165, 1.54) is 11.3 Å². The van der Waals surface area contributed by atoms with Crippen LogP contribution in [0.4, 0.5) is 5.69 Å². The van der Waals surface area contributed by atoms with Crippen molar-refractivity contribution in [2.75, 3.05) is 5.32 Å². The van der Waals surface area contributed by atoms with Gasteiger partial charge in [0.25, 0.3) is 0 Å². The topological polar surface area (TPSA) is 58.3 Å². The lowest BCUT2D eigenvalue weighted by Crippen LogP contribution is -2.46. The van der Waals surface area contributed by atoms with Crippen LogP contribution in [0.3, 0.4) is 0 Å². The number of aromatic hydroxyl groups is 1. The second kappa shape index (κ2) is 3.14. The van der Waals surface area contributed by atoms with Crippen LogP contribution in [-0.2, 0) is 5.41 Å². The van der Waals surface area contributed by atoms with Gasteiger partial charge < -0.3 is 16.2 Å². The zero-order valence-corrected chi connectivity index (χ0v) is 9.53. The number of nitrogens with two attached hydrogens (primary N) is 1. The molecule has 0 aromatic heterocycles. The van der Waals surface area contributed by atoms with Gasteiger partial charge in [0.15, 0.2) is 0 Å². The lowest BCUT2D eigenvalue weighted by Gasteiger charge is -2.39. The Hall–Kier alpha value is -1.22. The molecule has 3 atom stereocenters. The van der Waals surface area contributed by atoms with Gasteiger partial charge in [-0.05, 0) is 43.0 Å². The van der Waals surface area contributed by atoms with E-state index in [0.717, 1.165) is 19.3 Å². The average molecular weight is 218 g/mol. The van der Waals surface area contributed by atoms with Crippen molar-refractivity contribution in [3.63, 3.8) is 0 Å². The van der Waals surface area contributed by atoms with E-state index in [9.17, 15) is 5.11 Å². The minimum atomic E-state index is 0.0890. The van der Waals surface area contributed by atoms with Crippen molar-refractivity contribution in [1.29, 1.82) is 0 Å². The number of fused-ring (bicyclic) bond motifs is 3. The van der Waals surface area contributed by atoms with Gasteiger partial charge >= 0.3 is 0 Å². The van der Waals surface area contributed by atoms with Crippen LogP contribution in [-0.4, -0.2) is 17.2 Å². The Kier molecular flexibility index (Phi) is 1.96. The van der Waals surface area contributed by atoms with Crippen LogP contribution in [0.1, 0.15) is 31.7 Å². The normalized spacial score (nSPS) is 36.4. The molecule has 1 aromatic carbocycles. The number of rotatable bonds is 0. The first-order valence-corrected chi connectivity index (χ1v) is 5.95. The van der Waals surface area contributed by atoms with Gasteiger partial charge in [-0.15, -0.1) is 0 Å². The molecule has 1 saturated carbocycles. The van der Waals surface area contributed by atoms with Gasteiger partial charge in [0.05, 0.1) is 0 Å². The molecule has 2 aliphatic rings. The van der Waals surface area contributed by atoms with Crippen LogP contribution in [0.15, 0.2) is 18.2 Å². The summed E-state index contributed by atoms with van der Waals surface area (Å²) >= 11 is 0. The number of nitrogens with one attached hydrogen (secondary N) is 1. The zero-order valence-electron chi connectivity index (χ0n) is 9.53. The van der Waals surface area contributed by atoms with Gasteiger partial charge in [0.2, 0.25) is 0 Å². The van der Waals surface area contributed by atoms with Crippen LogP contribution in [0.25, 0.3) is 0 Å².